The van der Waals surface area contributed by atoms with Crippen molar-refractivity contribution in [2.24, 2.45) is 0 Å². The highest BCUT2D eigenvalue weighted by molar-refractivity contribution is 6.31. The molecule has 4 nitrogen and oxygen atoms in total. The van der Waals surface area contributed by atoms with Crippen molar-refractivity contribution in [1.29, 1.82) is 0 Å². The van der Waals surface area contributed by atoms with Crippen LogP contribution in [0.1, 0.15) is 18.9 Å². The minimum atomic E-state index is -0.0539. The largest absolute Gasteiger partial charge is 0.392 e. The number of amides is 1. The number of aliphatic hydroxyl groups is 1. The molecule has 0 saturated carbocycles. The number of halogens is 1. The summed E-state index contributed by atoms with van der Waals surface area (Å²) in [5, 5.41) is 13.7. The maximum Gasteiger partial charge on any atom is 0.239 e. The molecule has 0 unspecified atom stereocenters. The van der Waals surface area contributed by atoms with E-state index in [9.17, 15) is 9.90 Å². The van der Waals surface area contributed by atoms with Gasteiger partial charge in [0.05, 0.1) is 12.1 Å². The molecule has 0 saturated heterocycles. The predicted molar refractivity (Wildman–Crippen MR) is 76.2 cm³/mol. The third-order valence-electron chi connectivity index (χ3n) is 2.98. The SMILES string of the molecule is CCCNC(=O)Cn1cc(CO)c2ccc(Cl)cc21. The van der Waals surface area contributed by atoms with Gasteiger partial charge in [-0.1, -0.05) is 24.6 Å². The van der Waals surface area contributed by atoms with E-state index in [-0.39, 0.29) is 19.1 Å². The van der Waals surface area contributed by atoms with Gasteiger partial charge >= 0.3 is 0 Å². The van der Waals surface area contributed by atoms with Crippen molar-refractivity contribution in [1.82, 2.24) is 9.88 Å². The number of fused-ring (bicyclic) bond motifs is 1. The smallest absolute Gasteiger partial charge is 0.239 e. The van der Waals surface area contributed by atoms with Gasteiger partial charge in [-0.2, -0.15) is 0 Å². The van der Waals surface area contributed by atoms with Crippen LogP contribution in [-0.4, -0.2) is 22.1 Å². The molecule has 5 heteroatoms. The Morgan fingerprint density at radius 3 is 2.95 bits per heavy atom. The average molecular weight is 281 g/mol. The monoisotopic (exact) mass is 280 g/mol. The van der Waals surface area contributed by atoms with E-state index in [1.165, 1.54) is 0 Å². The molecule has 19 heavy (non-hydrogen) atoms. The van der Waals surface area contributed by atoms with Gasteiger partial charge in [0.2, 0.25) is 5.91 Å². The van der Waals surface area contributed by atoms with E-state index in [1.54, 1.807) is 12.3 Å². The lowest BCUT2D eigenvalue weighted by molar-refractivity contribution is -0.121. The molecule has 0 atom stereocenters. The van der Waals surface area contributed by atoms with Gasteiger partial charge < -0.3 is 15.0 Å². The highest BCUT2D eigenvalue weighted by Crippen LogP contribution is 2.24. The lowest BCUT2D eigenvalue weighted by Gasteiger charge is -2.06. The van der Waals surface area contributed by atoms with Gasteiger partial charge in [0.1, 0.15) is 6.54 Å². The number of benzene rings is 1. The number of nitrogens with one attached hydrogen (secondary N) is 1. The average Bonchev–Trinajstić information content (AvgIpc) is 2.74. The lowest BCUT2D eigenvalue weighted by atomic mass is 10.2. The molecule has 2 rings (SSSR count). The molecule has 102 valence electrons. The van der Waals surface area contributed by atoms with Crippen LogP contribution in [0.4, 0.5) is 0 Å². The molecule has 0 aliphatic carbocycles. The molecular formula is C14H17ClN2O2. The maximum atomic E-state index is 11.8. The van der Waals surface area contributed by atoms with Gasteiger partial charge in [-0.25, -0.2) is 0 Å². The fraction of sp³-hybridized carbons (Fsp3) is 0.357. The number of rotatable bonds is 5. The third kappa shape index (κ3) is 3.08. The quantitative estimate of drug-likeness (QED) is 0.883. The number of carbonyl (C=O) groups is 1. The molecule has 0 radical (unpaired) electrons. The van der Waals surface area contributed by atoms with E-state index in [2.05, 4.69) is 5.32 Å². The zero-order valence-corrected chi connectivity index (χ0v) is 11.6. The number of hydrogen-bond donors (Lipinski definition) is 2. The number of carbonyl (C=O) groups excluding carboxylic acids is 1. The Morgan fingerprint density at radius 1 is 1.47 bits per heavy atom. The van der Waals surface area contributed by atoms with Gasteiger partial charge in [-0.3, -0.25) is 4.79 Å². The molecule has 1 aromatic heterocycles. The number of nitrogens with zero attached hydrogens (tertiary/aromatic N) is 1. The van der Waals surface area contributed by atoms with E-state index in [0.29, 0.717) is 11.6 Å². The standard InChI is InChI=1S/C14H17ClN2O2/c1-2-5-16-14(19)8-17-7-10(9-18)12-4-3-11(15)6-13(12)17/h3-4,6-7,18H,2,5,8-9H2,1H3,(H,16,19). The minimum absolute atomic E-state index is 0.0387. The summed E-state index contributed by atoms with van der Waals surface area (Å²) in [4.78, 5) is 11.8. The highest BCUT2D eigenvalue weighted by Gasteiger charge is 2.10. The molecule has 2 aromatic rings. The fourth-order valence-electron chi connectivity index (χ4n) is 2.07. The first-order chi connectivity index (χ1) is 9.15. The summed E-state index contributed by atoms with van der Waals surface area (Å²) in [6.45, 7) is 2.86. The number of aliphatic hydroxyl groups excluding tert-OH is 1. The van der Waals surface area contributed by atoms with Gasteiger partial charge in [-0.15, -0.1) is 0 Å². The van der Waals surface area contributed by atoms with Crippen LogP contribution in [0.25, 0.3) is 10.9 Å². The van der Waals surface area contributed by atoms with Crippen LogP contribution >= 0.6 is 11.6 Å². The molecular weight excluding hydrogens is 264 g/mol. The number of hydrogen-bond acceptors (Lipinski definition) is 2. The maximum absolute atomic E-state index is 11.8. The summed E-state index contributed by atoms with van der Waals surface area (Å²) in [5.74, 6) is -0.0387. The zero-order valence-electron chi connectivity index (χ0n) is 10.8. The van der Waals surface area contributed by atoms with E-state index < -0.39 is 0 Å². The second-order valence-electron chi connectivity index (χ2n) is 4.45. The van der Waals surface area contributed by atoms with Gasteiger partial charge in [0.15, 0.2) is 0 Å². The molecule has 0 fully saturated rings. The summed E-state index contributed by atoms with van der Waals surface area (Å²) >= 11 is 5.99. The van der Waals surface area contributed by atoms with Crippen LogP contribution in [-0.2, 0) is 17.9 Å². The Balaban J connectivity index is 2.32. The lowest BCUT2D eigenvalue weighted by Crippen LogP contribution is -2.27. The molecule has 1 amide bonds. The molecule has 1 aromatic carbocycles. The Labute approximate surface area is 117 Å². The Hall–Kier alpha value is -1.52. The van der Waals surface area contributed by atoms with Crippen molar-refractivity contribution in [3.05, 3.63) is 35.0 Å². The number of aromatic nitrogens is 1. The van der Waals surface area contributed by atoms with Crippen molar-refractivity contribution in [3.63, 3.8) is 0 Å². The van der Waals surface area contributed by atoms with Crippen LogP contribution < -0.4 is 5.32 Å². The van der Waals surface area contributed by atoms with Gasteiger partial charge in [0, 0.05) is 28.7 Å². The molecule has 2 N–H and O–H groups in total. The highest BCUT2D eigenvalue weighted by atomic mass is 35.5. The first-order valence-corrected chi connectivity index (χ1v) is 6.68. The van der Waals surface area contributed by atoms with E-state index in [1.807, 2.05) is 23.6 Å². The van der Waals surface area contributed by atoms with Crippen molar-refractivity contribution >= 4 is 28.4 Å². The molecule has 0 aliphatic rings. The summed E-state index contributed by atoms with van der Waals surface area (Å²) in [6, 6.07) is 5.46. The Kier molecular flexibility index (Phi) is 4.45. The minimum Gasteiger partial charge on any atom is -0.392 e. The van der Waals surface area contributed by atoms with Crippen molar-refractivity contribution in [2.75, 3.05) is 6.54 Å². The topological polar surface area (TPSA) is 54.3 Å². The molecule has 0 aliphatic heterocycles. The van der Waals surface area contributed by atoms with Crippen LogP contribution in [0.3, 0.4) is 0 Å². The molecule has 0 bridgehead atoms. The van der Waals surface area contributed by atoms with Crippen molar-refractivity contribution < 1.29 is 9.90 Å². The van der Waals surface area contributed by atoms with Crippen molar-refractivity contribution in [2.45, 2.75) is 26.5 Å². The van der Waals surface area contributed by atoms with Crippen LogP contribution in [0.2, 0.25) is 5.02 Å². The Bertz CT molecular complexity index is 592. The summed E-state index contributed by atoms with van der Waals surface area (Å²) in [7, 11) is 0. The first-order valence-electron chi connectivity index (χ1n) is 6.30. The van der Waals surface area contributed by atoms with E-state index in [0.717, 1.165) is 22.9 Å². The third-order valence-corrected chi connectivity index (χ3v) is 3.22. The second kappa shape index (κ2) is 6.08. The molecule has 1 heterocycles. The van der Waals surface area contributed by atoms with Crippen LogP contribution in [0.5, 0.6) is 0 Å². The zero-order chi connectivity index (χ0) is 13.8. The van der Waals surface area contributed by atoms with Crippen molar-refractivity contribution in [3.8, 4) is 0 Å². The summed E-state index contributed by atoms with van der Waals surface area (Å²) in [6.07, 6.45) is 2.71. The van der Waals surface area contributed by atoms with E-state index >= 15 is 0 Å². The fourth-order valence-corrected chi connectivity index (χ4v) is 2.24. The van der Waals surface area contributed by atoms with Crippen LogP contribution in [0.15, 0.2) is 24.4 Å². The van der Waals surface area contributed by atoms with Gasteiger partial charge in [0.25, 0.3) is 0 Å². The second-order valence-corrected chi connectivity index (χ2v) is 4.89. The Morgan fingerprint density at radius 2 is 2.26 bits per heavy atom. The van der Waals surface area contributed by atoms with Crippen LogP contribution in [0, 0.1) is 0 Å². The summed E-state index contributed by atoms with van der Waals surface area (Å²) in [5.41, 5.74) is 1.66. The summed E-state index contributed by atoms with van der Waals surface area (Å²) < 4.78 is 1.82. The normalized spacial score (nSPS) is 10.9. The van der Waals surface area contributed by atoms with E-state index in [4.69, 9.17) is 11.6 Å². The molecule has 0 spiro atoms. The van der Waals surface area contributed by atoms with Gasteiger partial charge in [-0.05, 0) is 18.6 Å². The first kappa shape index (κ1) is 13.9. The predicted octanol–water partition coefficient (Wildman–Crippen LogP) is 2.31.